The molecule has 0 unspecified atom stereocenters. The molecule has 134 valence electrons. The van der Waals surface area contributed by atoms with E-state index < -0.39 is 0 Å². The smallest absolute Gasteiger partial charge is 0.147 e. The second-order valence-corrected chi connectivity index (χ2v) is 7.22. The Bertz CT molecular complexity index is 927. The van der Waals surface area contributed by atoms with Crippen LogP contribution in [0.1, 0.15) is 30.5 Å². The summed E-state index contributed by atoms with van der Waals surface area (Å²) in [5, 5.41) is 0.975. The Kier molecular flexibility index (Phi) is 3.76. The molecule has 26 heavy (non-hydrogen) atoms. The molecule has 2 aliphatic heterocycles. The second-order valence-electron chi connectivity index (χ2n) is 7.22. The van der Waals surface area contributed by atoms with E-state index in [4.69, 9.17) is 0 Å². The van der Waals surface area contributed by atoms with Crippen LogP contribution in [-0.4, -0.2) is 34.6 Å². The summed E-state index contributed by atoms with van der Waals surface area (Å²) in [5.74, 6) is 1.67. The summed E-state index contributed by atoms with van der Waals surface area (Å²) in [6.07, 6.45) is 8.45. The lowest BCUT2D eigenvalue weighted by atomic mass is 10.0. The highest BCUT2D eigenvalue weighted by molar-refractivity contribution is 5.85. The van der Waals surface area contributed by atoms with Crippen LogP contribution in [0.3, 0.4) is 0 Å². The van der Waals surface area contributed by atoms with Crippen molar-refractivity contribution in [3.63, 3.8) is 0 Å². The molecule has 0 aliphatic carbocycles. The van der Waals surface area contributed by atoms with Crippen LogP contribution in [0.25, 0.3) is 10.9 Å². The Labute approximate surface area is 151 Å². The van der Waals surface area contributed by atoms with Crippen molar-refractivity contribution in [3.8, 4) is 0 Å². The molecule has 5 rings (SSSR count). The van der Waals surface area contributed by atoms with Gasteiger partial charge in [-0.3, -0.25) is 0 Å². The van der Waals surface area contributed by atoms with Gasteiger partial charge in [-0.2, -0.15) is 0 Å². The van der Waals surface area contributed by atoms with Crippen LogP contribution < -0.4 is 9.80 Å². The molecule has 1 fully saturated rings. The van der Waals surface area contributed by atoms with Crippen LogP contribution in [0.4, 0.5) is 16.0 Å². The molecule has 0 spiro atoms. The normalized spacial score (nSPS) is 17.6. The molecular formula is C20H22FN5. The third-order valence-corrected chi connectivity index (χ3v) is 5.57. The molecule has 4 heterocycles. The van der Waals surface area contributed by atoms with Crippen molar-refractivity contribution in [1.29, 1.82) is 0 Å². The van der Waals surface area contributed by atoms with Gasteiger partial charge in [0.2, 0.25) is 0 Å². The highest BCUT2D eigenvalue weighted by Gasteiger charge is 2.22. The predicted octanol–water partition coefficient (Wildman–Crippen LogP) is 3.65. The maximum atomic E-state index is 13.7. The van der Waals surface area contributed by atoms with Gasteiger partial charge in [0, 0.05) is 54.8 Å². The summed E-state index contributed by atoms with van der Waals surface area (Å²) >= 11 is 0. The maximum Gasteiger partial charge on any atom is 0.147 e. The minimum Gasteiger partial charge on any atom is -0.358 e. The molecule has 2 aliphatic rings. The molecule has 1 N–H and O–H groups in total. The van der Waals surface area contributed by atoms with E-state index in [9.17, 15) is 4.39 Å². The molecule has 0 bridgehead atoms. The van der Waals surface area contributed by atoms with Crippen molar-refractivity contribution in [1.82, 2.24) is 15.0 Å². The number of hydrogen-bond donors (Lipinski definition) is 1. The zero-order valence-electron chi connectivity index (χ0n) is 14.7. The molecule has 2 aromatic heterocycles. The summed E-state index contributed by atoms with van der Waals surface area (Å²) in [6, 6.07) is 4.95. The molecule has 0 saturated carbocycles. The first kappa shape index (κ1) is 15.6. The van der Waals surface area contributed by atoms with Gasteiger partial charge in [-0.15, -0.1) is 0 Å². The number of piperidine rings is 1. The largest absolute Gasteiger partial charge is 0.358 e. The van der Waals surface area contributed by atoms with Crippen molar-refractivity contribution in [2.24, 2.45) is 0 Å². The van der Waals surface area contributed by atoms with Gasteiger partial charge in [-0.25, -0.2) is 14.4 Å². The molecule has 0 amide bonds. The summed E-state index contributed by atoms with van der Waals surface area (Å²) in [7, 11) is 0. The molecule has 6 heteroatoms. The lowest BCUT2D eigenvalue weighted by Crippen LogP contribution is -2.32. The Balaban J connectivity index is 1.40. The Morgan fingerprint density at radius 2 is 1.69 bits per heavy atom. The van der Waals surface area contributed by atoms with Crippen molar-refractivity contribution < 1.29 is 4.39 Å². The van der Waals surface area contributed by atoms with Gasteiger partial charge in [0.25, 0.3) is 0 Å². The second kappa shape index (κ2) is 6.27. The molecular weight excluding hydrogens is 329 g/mol. The van der Waals surface area contributed by atoms with Gasteiger partial charge in [-0.1, -0.05) is 0 Å². The average molecular weight is 351 g/mol. The van der Waals surface area contributed by atoms with Gasteiger partial charge in [0.1, 0.15) is 17.5 Å². The Hall–Kier alpha value is -2.63. The number of H-pyrrole nitrogens is 1. The fraction of sp³-hybridized carbons (Fsp3) is 0.400. The number of nitrogens with one attached hydrogen (secondary N) is 1. The SMILES string of the molecule is Fc1ccc2[nH]c3c(c2c1)CN(c1cnc(N2CCCCC2)cn1)CC3. The summed E-state index contributed by atoms with van der Waals surface area (Å²) < 4.78 is 13.7. The van der Waals surface area contributed by atoms with Crippen LogP contribution in [-0.2, 0) is 13.0 Å². The predicted molar refractivity (Wildman–Crippen MR) is 101 cm³/mol. The van der Waals surface area contributed by atoms with E-state index in [1.807, 2.05) is 18.5 Å². The molecule has 0 atom stereocenters. The van der Waals surface area contributed by atoms with Crippen molar-refractivity contribution >= 4 is 22.5 Å². The van der Waals surface area contributed by atoms with Crippen LogP contribution in [0.5, 0.6) is 0 Å². The number of rotatable bonds is 2. The third-order valence-electron chi connectivity index (χ3n) is 5.57. The number of anilines is 2. The minimum absolute atomic E-state index is 0.193. The number of hydrogen-bond acceptors (Lipinski definition) is 4. The van der Waals surface area contributed by atoms with Crippen molar-refractivity contribution in [3.05, 3.63) is 47.7 Å². The highest BCUT2D eigenvalue weighted by atomic mass is 19.1. The van der Waals surface area contributed by atoms with E-state index in [1.165, 1.54) is 36.6 Å². The standard InChI is InChI=1S/C20H22FN5/c21-14-4-5-17-15(10-14)16-13-26(9-6-18(16)24-17)20-12-22-19(11-23-20)25-7-2-1-3-8-25/h4-5,10-12,24H,1-3,6-9,13H2. The lowest BCUT2D eigenvalue weighted by Gasteiger charge is -2.30. The first-order chi connectivity index (χ1) is 12.8. The number of halogens is 1. The average Bonchev–Trinajstić information content (AvgIpc) is 3.06. The third kappa shape index (κ3) is 2.69. The number of nitrogens with zero attached hydrogens (tertiary/aromatic N) is 4. The van der Waals surface area contributed by atoms with E-state index in [-0.39, 0.29) is 5.82 Å². The lowest BCUT2D eigenvalue weighted by molar-refractivity contribution is 0.572. The molecule has 0 radical (unpaired) electrons. The fourth-order valence-electron chi connectivity index (χ4n) is 4.15. The topological polar surface area (TPSA) is 48.1 Å². The first-order valence-electron chi connectivity index (χ1n) is 9.39. The van der Waals surface area contributed by atoms with Gasteiger partial charge in [0.05, 0.1) is 12.4 Å². The molecule has 1 aromatic carbocycles. The van der Waals surface area contributed by atoms with E-state index in [0.29, 0.717) is 0 Å². The quantitative estimate of drug-likeness (QED) is 0.766. The zero-order chi connectivity index (χ0) is 17.5. The van der Waals surface area contributed by atoms with E-state index in [2.05, 4.69) is 24.8 Å². The molecule has 3 aromatic rings. The molecule has 1 saturated heterocycles. The fourth-order valence-corrected chi connectivity index (χ4v) is 4.15. The number of aromatic amines is 1. The van der Waals surface area contributed by atoms with Gasteiger partial charge >= 0.3 is 0 Å². The van der Waals surface area contributed by atoms with Gasteiger partial charge < -0.3 is 14.8 Å². The van der Waals surface area contributed by atoms with Gasteiger partial charge in [-0.05, 0) is 37.5 Å². The Morgan fingerprint density at radius 1 is 0.923 bits per heavy atom. The number of fused-ring (bicyclic) bond motifs is 3. The van der Waals surface area contributed by atoms with E-state index in [0.717, 1.165) is 55.1 Å². The maximum absolute atomic E-state index is 13.7. The zero-order valence-corrected chi connectivity index (χ0v) is 14.7. The summed E-state index contributed by atoms with van der Waals surface area (Å²) in [4.78, 5) is 17.3. The monoisotopic (exact) mass is 351 g/mol. The van der Waals surface area contributed by atoms with Crippen LogP contribution in [0.15, 0.2) is 30.6 Å². The molecule has 5 nitrogen and oxygen atoms in total. The number of benzene rings is 1. The highest BCUT2D eigenvalue weighted by Crippen LogP contribution is 2.30. The Morgan fingerprint density at radius 3 is 2.46 bits per heavy atom. The first-order valence-corrected chi connectivity index (χ1v) is 9.39. The van der Waals surface area contributed by atoms with Crippen LogP contribution in [0, 0.1) is 5.82 Å². The van der Waals surface area contributed by atoms with Crippen LogP contribution in [0.2, 0.25) is 0 Å². The summed E-state index contributed by atoms with van der Waals surface area (Å²) in [6.45, 7) is 3.76. The minimum atomic E-state index is -0.193. The van der Waals surface area contributed by atoms with Gasteiger partial charge in [0.15, 0.2) is 0 Å². The number of aromatic nitrogens is 3. The van der Waals surface area contributed by atoms with E-state index in [1.54, 1.807) is 6.07 Å². The van der Waals surface area contributed by atoms with Crippen LogP contribution >= 0.6 is 0 Å². The van der Waals surface area contributed by atoms with Crippen molar-refractivity contribution in [2.45, 2.75) is 32.2 Å². The summed E-state index contributed by atoms with van der Waals surface area (Å²) in [5.41, 5.74) is 3.39. The van der Waals surface area contributed by atoms with Crippen molar-refractivity contribution in [2.75, 3.05) is 29.4 Å². The van der Waals surface area contributed by atoms with E-state index >= 15 is 0 Å².